The number of likely N-dealkylation sites (tertiary alicyclic amines) is 4. The number of carbonyl (C=O) groups is 4. The van der Waals surface area contributed by atoms with Crippen LogP contribution in [0.25, 0.3) is 88.1 Å². The Bertz CT molecular complexity index is 7200. The van der Waals surface area contributed by atoms with Gasteiger partial charge in [0.15, 0.2) is 22.8 Å². The van der Waals surface area contributed by atoms with Crippen molar-refractivity contribution in [1.29, 1.82) is 0 Å². The molecular weight excluding hydrogens is 1850 g/mol. The lowest BCUT2D eigenvalue weighted by Gasteiger charge is -2.32. The lowest BCUT2D eigenvalue weighted by atomic mass is 10.0. The number of H-pyrrole nitrogens is 4. The Morgan fingerprint density at radius 1 is 0.284 bits per heavy atom. The molecule has 762 valence electrons. The van der Waals surface area contributed by atoms with Crippen LogP contribution in [0, 0.1) is 0 Å². The summed E-state index contributed by atoms with van der Waals surface area (Å²) in [4.78, 5) is 101. The van der Waals surface area contributed by atoms with E-state index in [9.17, 15) is 19.2 Å². The van der Waals surface area contributed by atoms with Crippen LogP contribution < -0.4 is 36.4 Å². The van der Waals surface area contributed by atoms with E-state index in [1.54, 1.807) is 12.4 Å². The maximum absolute atomic E-state index is 13.3. The summed E-state index contributed by atoms with van der Waals surface area (Å²) in [5.74, 6) is 0.817. The van der Waals surface area contributed by atoms with E-state index in [2.05, 4.69) is 204 Å². The van der Waals surface area contributed by atoms with Crippen LogP contribution in [0.15, 0.2) is 232 Å². The SMILES string of the molecule is CN(C)c1ccc(NC(=O)c2n[nH]c3ccc(-c4cncc(CN5CCCCC5)c4)cc23)cn1.CN1CCN(Cc2cccc(NC(=O)c3n[nH]c4ccc(-c5cncc(CN6CCCCC6)c5)cc34)c2)CC1.O=C(Nc1ccc(N2CCCCC2)nc1)c1n[nH]c2ccc(-c3cncc(CN4CCCCC4)c3)cc12.O=C(Nc1cccc(CN2CCNCC2)c1)c1n[nH]c2ccc(-c3cncc(CN4CCCCC4)c3)cc12. The van der Waals surface area contributed by atoms with Gasteiger partial charge in [-0.05, 0) is 307 Å². The molecule has 0 atom stereocenters. The molecule has 0 aliphatic carbocycles. The first kappa shape index (κ1) is 101. The zero-order chi connectivity index (χ0) is 101. The topological polar surface area (TPSA) is 350 Å². The molecule has 0 saturated carbocycles. The molecule has 9 N–H and O–H groups in total. The first-order valence-corrected chi connectivity index (χ1v) is 52.8. The van der Waals surface area contributed by atoms with Gasteiger partial charge in [0.1, 0.15) is 11.6 Å². The predicted octanol–water partition coefficient (Wildman–Crippen LogP) is 18.5. The fourth-order valence-electron chi connectivity index (χ4n) is 21.0. The number of nitrogens with one attached hydrogen (secondary N) is 9. The molecule has 17 heterocycles. The summed E-state index contributed by atoms with van der Waals surface area (Å²) in [6, 6.07) is 56.9. The Morgan fingerprint density at radius 2 is 0.595 bits per heavy atom. The Morgan fingerprint density at radius 3 is 0.919 bits per heavy atom. The van der Waals surface area contributed by atoms with E-state index in [0.717, 1.165) is 268 Å². The first-order chi connectivity index (χ1) is 72.6. The highest BCUT2D eigenvalue weighted by Gasteiger charge is 2.26. The van der Waals surface area contributed by atoms with Crippen molar-refractivity contribution in [1.82, 2.24) is 110 Å². The maximum Gasteiger partial charge on any atom is 0.276 e. The number of aromatic amines is 4. The van der Waals surface area contributed by atoms with Crippen LogP contribution in [-0.2, 0) is 39.3 Å². The average Bonchev–Trinajstić information content (AvgIpc) is 1.64. The summed E-state index contributed by atoms with van der Waals surface area (Å²) < 4.78 is 0. The lowest BCUT2D eigenvalue weighted by molar-refractivity contribution is 0.101. The molecule has 7 saturated heterocycles. The van der Waals surface area contributed by atoms with Crippen molar-refractivity contribution in [2.45, 2.75) is 136 Å². The fraction of sp³-hybridized carbons (Fsp3) is 0.362. The largest absolute Gasteiger partial charge is 0.363 e. The van der Waals surface area contributed by atoms with Gasteiger partial charge in [0.25, 0.3) is 23.6 Å². The third-order valence-electron chi connectivity index (χ3n) is 29.2. The molecule has 0 bridgehead atoms. The molecule has 16 aromatic rings. The summed E-state index contributed by atoms with van der Waals surface area (Å²) in [5, 5.41) is 47.9. The molecule has 23 rings (SSSR count). The van der Waals surface area contributed by atoms with Gasteiger partial charge < -0.3 is 41.3 Å². The Hall–Kier alpha value is -14.7. The smallest absolute Gasteiger partial charge is 0.276 e. The van der Waals surface area contributed by atoms with Crippen molar-refractivity contribution in [3.05, 3.63) is 288 Å². The Balaban J connectivity index is 0.000000120. The number of benzene rings is 6. The number of rotatable bonds is 26. The van der Waals surface area contributed by atoms with E-state index in [1.807, 2.05) is 178 Å². The number of piperidine rings is 5. The first-order valence-electron chi connectivity index (χ1n) is 52.8. The number of nitrogens with zero attached hydrogens (tertiary/aromatic N) is 19. The van der Waals surface area contributed by atoms with Crippen molar-refractivity contribution < 1.29 is 19.2 Å². The molecule has 32 heteroatoms. The molecule has 7 aliphatic rings. The van der Waals surface area contributed by atoms with Crippen molar-refractivity contribution >= 4 is 102 Å². The summed E-state index contributed by atoms with van der Waals surface area (Å²) in [6.07, 6.45) is 37.9. The predicted molar refractivity (Wildman–Crippen MR) is 588 cm³/mol. The highest BCUT2D eigenvalue weighted by Crippen LogP contribution is 2.35. The minimum absolute atomic E-state index is 0.216. The molecule has 7 fully saturated rings. The van der Waals surface area contributed by atoms with Crippen LogP contribution >= 0.6 is 0 Å². The molecule has 0 spiro atoms. The number of hydrogen-bond donors (Lipinski definition) is 9. The molecule has 4 amide bonds. The van der Waals surface area contributed by atoms with E-state index in [-0.39, 0.29) is 23.6 Å². The van der Waals surface area contributed by atoms with E-state index in [0.29, 0.717) is 34.2 Å². The summed E-state index contributed by atoms with van der Waals surface area (Å²) >= 11 is 0. The lowest BCUT2D eigenvalue weighted by Crippen LogP contribution is -2.43. The average molecular weight is 1980 g/mol. The van der Waals surface area contributed by atoms with Gasteiger partial charge in [-0.2, -0.15) is 20.4 Å². The highest BCUT2D eigenvalue weighted by molar-refractivity contribution is 6.15. The zero-order valence-corrected chi connectivity index (χ0v) is 85.1. The standard InChI is InChI=1S/C31H37N7O.C30H35N7O.C29H33N7O.C26H29N7O/c1-36-12-14-38(15-13-36)21-23-6-5-7-27(17-23)33-31(39)30-28-18-25(8-9-29(28)34-35-30)26-16-24(19-32-20-26)22-37-10-3-2-4-11-37;38-30(33-26-6-4-5-22(16-26)20-37-13-9-31-10-14-37)29-27-17-24(7-8-28(27)34-35-29)25-15-23(18-32-19-25)21-36-11-2-1-3-12-36;37-29(32-24-8-10-27(31-19-24)36-13-5-2-6-14-36)28-25-16-22(7-9-26(25)33-34-28)23-15-21(17-30-18-23)20-35-11-3-1-4-12-35;1-32(2)24-9-7-21(16-28-24)29-26(34)25-22-13-19(6-8-23(22)30-31-25)20-12-18(14-27-15-20)17-33-10-4-3-5-11-33/h5-9,16-20H,2-4,10-15,21-22H2,1H3,(H,33,39)(H,34,35);4-8,15-19,31H,1-3,9-14,20-21H2,(H,33,38)(H,34,35);7-10,15-19H,1-6,11-14,20H2,(H,32,37)(H,33,34);6-9,12-16H,3-5,10-11,17H2,1-2H3,(H,29,34)(H,30,31). The number of hydrogen-bond acceptors (Lipinski definition) is 24. The number of carbonyl (C=O) groups excluding carboxylic acids is 4. The van der Waals surface area contributed by atoms with E-state index in [1.165, 1.54) is 130 Å². The molecule has 0 radical (unpaired) electrons. The minimum Gasteiger partial charge on any atom is -0.363 e. The van der Waals surface area contributed by atoms with Gasteiger partial charge in [-0.25, -0.2) is 9.97 Å². The summed E-state index contributed by atoms with van der Waals surface area (Å²) in [5.41, 5.74) is 23.2. The Kier molecular flexibility index (Phi) is 33.1. The molecule has 32 nitrogen and oxygen atoms in total. The number of pyridine rings is 6. The molecule has 6 aromatic carbocycles. The third kappa shape index (κ3) is 26.3. The molecule has 148 heavy (non-hydrogen) atoms. The summed E-state index contributed by atoms with van der Waals surface area (Å²) in [6.45, 7) is 25.2. The van der Waals surface area contributed by atoms with Gasteiger partial charge in [0, 0.05) is 224 Å². The van der Waals surface area contributed by atoms with Crippen LogP contribution in [0.5, 0.6) is 0 Å². The Labute approximate surface area is 864 Å². The van der Waals surface area contributed by atoms with Gasteiger partial charge in [-0.1, -0.05) is 74.2 Å². The second kappa shape index (κ2) is 48.7. The fourth-order valence-corrected chi connectivity index (χ4v) is 21.0. The molecule has 0 unspecified atom stereocenters. The second-order valence-electron chi connectivity index (χ2n) is 40.6. The van der Waals surface area contributed by atoms with Crippen molar-refractivity contribution in [3.8, 4) is 44.5 Å². The van der Waals surface area contributed by atoms with Gasteiger partial charge >= 0.3 is 0 Å². The number of aromatic nitrogens is 14. The van der Waals surface area contributed by atoms with Gasteiger partial charge in [-0.3, -0.25) is 88.9 Å². The van der Waals surface area contributed by atoms with Crippen LogP contribution in [0.1, 0.15) is 172 Å². The summed E-state index contributed by atoms with van der Waals surface area (Å²) in [7, 11) is 6.01. The number of anilines is 6. The van der Waals surface area contributed by atoms with Gasteiger partial charge in [0.05, 0.1) is 45.8 Å². The number of piperazine rings is 2. The van der Waals surface area contributed by atoms with Crippen molar-refractivity contribution in [2.75, 3.05) is 170 Å². The van der Waals surface area contributed by atoms with Gasteiger partial charge in [-0.15, -0.1) is 0 Å². The van der Waals surface area contributed by atoms with Crippen LogP contribution in [0.2, 0.25) is 0 Å². The van der Waals surface area contributed by atoms with Crippen LogP contribution in [-0.4, -0.2) is 268 Å². The zero-order valence-electron chi connectivity index (χ0n) is 85.1. The van der Waals surface area contributed by atoms with E-state index in [4.69, 9.17) is 0 Å². The highest BCUT2D eigenvalue weighted by atomic mass is 16.2. The third-order valence-corrected chi connectivity index (χ3v) is 29.2. The second-order valence-corrected chi connectivity index (χ2v) is 40.6. The monoisotopic (exact) mass is 1980 g/mol. The molecule has 10 aromatic heterocycles. The maximum atomic E-state index is 13.3. The number of fused-ring (bicyclic) bond motifs is 4. The van der Waals surface area contributed by atoms with E-state index >= 15 is 0 Å². The molecular formula is C116H134N28O4. The number of likely N-dealkylation sites (N-methyl/N-ethyl adjacent to an activating group) is 1. The van der Waals surface area contributed by atoms with Crippen LogP contribution in [0.3, 0.4) is 0 Å². The molecule has 7 aliphatic heterocycles. The quantitative estimate of drug-likeness (QED) is 0.0243. The van der Waals surface area contributed by atoms with Crippen LogP contribution in [0.4, 0.5) is 34.4 Å². The minimum atomic E-state index is -0.278. The van der Waals surface area contributed by atoms with Crippen molar-refractivity contribution in [2.24, 2.45) is 0 Å². The normalized spacial score (nSPS) is 16.4. The van der Waals surface area contributed by atoms with Gasteiger partial charge in [0.2, 0.25) is 0 Å². The van der Waals surface area contributed by atoms with E-state index < -0.39 is 0 Å². The van der Waals surface area contributed by atoms with Crippen molar-refractivity contribution in [3.63, 3.8) is 0 Å². The number of amides is 4.